The van der Waals surface area contributed by atoms with Crippen molar-refractivity contribution in [2.75, 3.05) is 13.1 Å². The van der Waals surface area contributed by atoms with Crippen molar-refractivity contribution in [3.8, 4) is 0 Å². The Morgan fingerprint density at radius 1 is 1.67 bits per heavy atom. The molecule has 5 nitrogen and oxygen atoms in total. The van der Waals surface area contributed by atoms with E-state index in [1.165, 1.54) is 0 Å². The topological polar surface area (TPSA) is 77.8 Å². The Bertz CT molecular complexity index is 252. The molecular formula is C10H17NO4. The van der Waals surface area contributed by atoms with Crippen LogP contribution in [-0.4, -0.2) is 46.2 Å². The predicted molar refractivity (Wildman–Crippen MR) is 53.2 cm³/mol. The smallest absolute Gasteiger partial charge is 0.308 e. The maximum Gasteiger partial charge on any atom is 0.308 e. The van der Waals surface area contributed by atoms with Crippen molar-refractivity contribution in [1.29, 1.82) is 0 Å². The molecule has 0 spiro atoms. The number of carboxylic acids is 1. The Kier molecular flexibility index (Phi) is 4.08. The van der Waals surface area contributed by atoms with Gasteiger partial charge in [0.1, 0.15) is 0 Å². The van der Waals surface area contributed by atoms with Gasteiger partial charge in [-0.3, -0.25) is 9.59 Å². The molecule has 0 aliphatic carbocycles. The van der Waals surface area contributed by atoms with Crippen LogP contribution in [0.1, 0.15) is 26.2 Å². The van der Waals surface area contributed by atoms with Gasteiger partial charge < -0.3 is 15.1 Å². The summed E-state index contributed by atoms with van der Waals surface area (Å²) < 4.78 is 0. The van der Waals surface area contributed by atoms with Gasteiger partial charge in [-0.15, -0.1) is 0 Å². The number of aliphatic hydroxyl groups excluding tert-OH is 1. The third-order valence-electron chi connectivity index (χ3n) is 2.61. The van der Waals surface area contributed by atoms with Crippen molar-refractivity contribution in [3.05, 3.63) is 0 Å². The van der Waals surface area contributed by atoms with Crippen LogP contribution in [0.4, 0.5) is 0 Å². The number of aliphatic carboxylic acids is 1. The average molecular weight is 215 g/mol. The zero-order valence-corrected chi connectivity index (χ0v) is 8.85. The van der Waals surface area contributed by atoms with E-state index < -0.39 is 11.9 Å². The minimum Gasteiger partial charge on any atom is -0.481 e. The molecule has 1 aliphatic rings. The Hall–Kier alpha value is -1.10. The summed E-state index contributed by atoms with van der Waals surface area (Å²) in [5.74, 6) is -1.54. The van der Waals surface area contributed by atoms with Crippen molar-refractivity contribution < 1.29 is 19.8 Å². The molecule has 1 aliphatic heterocycles. The van der Waals surface area contributed by atoms with Crippen molar-refractivity contribution >= 4 is 11.9 Å². The monoisotopic (exact) mass is 215 g/mol. The minimum absolute atomic E-state index is 0.0898. The first-order valence-corrected chi connectivity index (χ1v) is 5.19. The highest BCUT2D eigenvalue weighted by atomic mass is 16.4. The Balaban J connectivity index is 2.31. The standard InChI is InChI=1S/C10H17NO4/c1-7(12)3-2-4-11-6-8(10(14)15)5-9(11)13/h7-8,12H,2-6H2,1H3,(H,14,15). The molecule has 2 unspecified atom stereocenters. The summed E-state index contributed by atoms with van der Waals surface area (Å²) in [7, 11) is 0. The summed E-state index contributed by atoms with van der Waals surface area (Å²) in [4.78, 5) is 23.6. The van der Waals surface area contributed by atoms with Crippen LogP contribution in [0.5, 0.6) is 0 Å². The fourth-order valence-corrected chi connectivity index (χ4v) is 1.73. The third-order valence-corrected chi connectivity index (χ3v) is 2.61. The Morgan fingerprint density at radius 3 is 2.80 bits per heavy atom. The van der Waals surface area contributed by atoms with Crippen molar-refractivity contribution in [2.24, 2.45) is 5.92 Å². The normalized spacial score (nSPS) is 23.2. The quantitative estimate of drug-likeness (QED) is 0.681. The van der Waals surface area contributed by atoms with Crippen LogP contribution in [0.15, 0.2) is 0 Å². The summed E-state index contributed by atoms with van der Waals surface area (Å²) >= 11 is 0. The van der Waals surface area contributed by atoms with E-state index in [-0.39, 0.29) is 18.4 Å². The number of likely N-dealkylation sites (tertiary alicyclic amines) is 1. The van der Waals surface area contributed by atoms with Crippen LogP contribution in [0.2, 0.25) is 0 Å². The number of carboxylic acid groups (broad SMARTS) is 1. The second-order valence-corrected chi connectivity index (χ2v) is 4.07. The molecule has 1 amide bonds. The fraction of sp³-hybridized carbons (Fsp3) is 0.800. The highest BCUT2D eigenvalue weighted by Crippen LogP contribution is 2.18. The first-order valence-electron chi connectivity index (χ1n) is 5.19. The van der Waals surface area contributed by atoms with Crippen LogP contribution in [0.25, 0.3) is 0 Å². The summed E-state index contributed by atoms with van der Waals surface area (Å²) in [6, 6.07) is 0. The van der Waals surface area contributed by atoms with E-state index in [1.54, 1.807) is 11.8 Å². The van der Waals surface area contributed by atoms with E-state index in [9.17, 15) is 9.59 Å². The van der Waals surface area contributed by atoms with Gasteiger partial charge in [0.15, 0.2) is 0 Å². The lowest BCUT2D eigenvalue weighted by molar-refractivity contribution is -0.141. The van der Waals surface area contributed by atoms with Gasteiger partial charge in [0.25, 0.3) is 0 Å². The highest BCUT2D eigenvalue weighted by Gasteiger charge is 2.33. The van der Waals surface area contributed by atoms with E-state index in [1.807, 2.05) is 0 Å². The summed E-state index contributed by atoms with van der Waals surface area (Å²) in [6.07, 6.45) is 1.11. The van der Waals surface area contributed by atoms with Crippen LogP contribution < -0.4 is 0 Å². The van der Waals surface area contributed by atoms with Crippen LogP contribution in [-0.2, 0) is 9.59 Å². The zero-order chi connectivity index (χ0) is 11.4. The molecule has 2 N–H and O–H groups in total. The molecular weight excluding hydrogens is 198 g/mol. The SMILES string of the molecule is CC(O)CCCN1CC(C(=O)O)CC1=O. The Morgan fingerprint density at radius 2 is 2.33 bits per heavy atom. The van der Waals surface area contributed by atoms with Gasteiger partial charge in [-0.05, 0) is 19.8 Å². The molecule has 0 bridgehead atoms. The van der Waals surface area contributed by atoms with E-state index in [0.29, 0.717) is 19.5 Å². The number of carbonyl (C=O) groups excluding carboxylic acids is 1. The summed E-state index contributed by atoms with van der Waals surface area (Å²) in [5, 5.41) is 17.8. The first kappa shape index (κ1) is 12.0. The zero-order valence-electron chi connectivity index (χ0n) is 8.85. The third kappa shape index (κ3) is 3.51. The number of nitrogens with zero attached hydrogens (tertiary/aromatic N) is 1. The maximum atomic E-state index is 11.4. The molecule has 0 aromatic rings. The van der Waals surface area contributed by atoms with Gasteiger partial charge in [-0.25, -0.2) is 0 Å². The molecule has 86 valence electrons. The van der Waals surface area contributed by atoms with Gasteiger partial charge in [0.05, 0.1) is 12.0 Å². The number of carbonyl (C=O) groups is 2. The highest BCUT2D eigenvalue weighted by molar-refractivity contribution is 5.86. The second kappa shape index (κ2) is 5.11. The van der Waals surface area contributed by atoms with Gasteiger partial charge >= 0.3 is 5.97 Å². The number of aliphatic hydroxyl groups is 1. The molecule has 1 rings (SSSR count). The van der Waals surface area contributed by atoms with E-state index >= 15 is 0 Å². The molecule has 0 saturated carbocycles. The average Bonchev–Trinajstić information content (AvgIpc) is 2.47. The number of hydrogen-bond donors (Lipinski definition) is 2. The summed E-state index contributed by atoms with van der Waals surface area (Å²) in [5.41, 5.74) is 0. The molecule has 0 aromatic heterocycles. The molecule has 0 aromatic carbocycles. The molecule has 0 radical (unpaired) electrons. The van der Waals surface area contributed by atoms with Gasteiger partial charge in [-0.1, -0.05) is 0 Å². The van der Waals surface area contributed by atoms with Gasteiger partial charge in [0.2, 0.25) is 5.91 Å². The number of rotatable bonds is 5. The van der Waals surface area contributed by atoms with Crippen molar-refractivity contribution in [1.82, 2.24) is 4.90 Å². The lowest BCUT2D eigenvalue weighted by Crippen LogP contribution is -2.27. The summed E-state index contributed by atoms with van der Waals surface area (Å²) in [6.45, 7) is 2.56. The number of amides is 1. The van der Waals surface area contributed by atoms with Gasteiger partial charge in [0, 0.05) is 19.5 Å². The first-order chi connectivity index (χ1) is 7.00. The van der Waals surface area contributed by atoms with Gasteiger partial charge in [-0.2, -0.15) is 0 Å². The van der Waals surface area contributed by atoms with E-state index in [4.69, 9.17) is 10.2 Å². The number of hydrogen-bond acceptors (Lipinski definition) is 3. The Labute approximate surface area is 88.7 Å². The van der Waals surface area contributed by atoms with Crippen molar-refractivity contribution in [3.63, 3.8) is 0 Å². The maximum absolute atomic E-state index is 11.4. The molecule has 15 heavy (non-hydrogen) atoms. The molecule has 1 saturated heterocycles. The van der Waals surface area contributed by atoms with E-state index in [0.717, 1.165) is 6.42 Å². The fourth-order valence-electron chi connectivity index (χ4n) is 1.73. The van der Waals surface area contributed by atoms with Crippen LogP contribution in [0.3, 0.4) is 0 Å². The largest absolute Gasteiger partial charge is 0.481 e. The molecule has 5 heteroatoms. The van der Waals surface area contributed by atoms with E-state index in [2.05, 4.69) is 0 Å². The molecule has 2 atom stereocenters. The lowest BCUT2D eigenvalue weighted by Gasteiger charge is -2.16. The predicted octanol–water partition coefficient (Wildman–Crippen LogP) is 0.0805. The van der Waals surface area contributed by atoms with Crippen LogP contribution in [0, 0.1) is 5.92 Å². The molecule has 1 heterocycles. The molecule has 1 fully saturated rings. The second-order valence-electron chi connectivity index (χ2n) is 4.07. The van der Waals surface area contributed by atoms with Crippen molar-refractivity contribution in [2.45, 2.75) is 32.3 Å². The van der Waals surface area contributed by atoms with Crippen LogP contribution >= 0.6 is 0 Å². The lowest BCUT2D eigenvalue weighted by atomic mass is 10.1. The minimum atomic E-state index is -0.902.